The number of methoxy groups -OCH3 is 1. The molecule has 0 aliphatic heterocycles. The van der Waals surface area contributed by atoms with Gasteiger partial charge in [-0.1, -0.05) is 6.42 Å². The molecule has 1 aliphatic carbocycles. The van der Waals surface area contributed by atoms with Gasteiger partial charge in [-0.25, -0.2) is 4.79 Å². The first-order valence-corrected chi connectivity index (χ1v) is 7.77. The van der Waals surface area contributed by atoms with Gasteiger partial charge in [-0.2, -0.15) is 0 Å². The molecule has 1 saturated carbocycles. The van der Waals surface area contributed by atoms with Gasteiger partial charge in [0.25, 0.3) is 0 Å². The summed E-state index contributed by atoms with van der Waals surface area (Å²) < 4.78 is 10.1. The van der Waals surface area contributed by atoms with Crippen LogP contribution in [0.5, 0.6) is 0 Å². The van der Waals surface area contributed by atoms with Gasteiger partial charge in [-0.3, -0.25) is 4.79 Å². The summed E-state index contributed by atoms with van der Waals surface area (Å²) in [5.74, 6) is -0.396. The van der Waals surface area contributed by atoms with Crippen LogP contribution in [0.25, 0.3) is 0 Å². The Labute approximate surface area is 126 Å². The van der Waals surface area contributed by atoms with Gasteiger partial charge in [-0.15, -0.1) is 0 Å². The second-order valence-electron chi connectivity index (χ2n) is 5.95. The quantitative estimate of drug-likeness (QED) is 0.555. The fourth-order valence-corrected chi connectivity index (χ4v) is 2.61. The minimum atomic E-state index is -0.580. The topological polar surface area (TPSA) is 90.6 Å². The smallest absolute Gasteiger partial charge is 0.407 e. The summed E-state index contributed by atoms with van der Waals surface area (Å²) in [5, 5.41) is 2.75. The average molecular weight is 300 g/mol. The molecular formula is C15H28N2O4. The van der Waals surface area contributed by atoms with Crippen molar-refractivity contribution in [3.8, 4) is 0 Å². The maximum atomic E-state index is 11.7. The van der Waals surface area contributed by atoms with E-state index in [1.165, 1.54) is 13.5 Å². The van der Waals surface area contributed by atoms with E-state index in [0.29, 0.717) is 13.0 Å². The zero-order valence-electron chi connectivity index (χ0n) is 13.2. The van der Waals surface area contributed by atoms with Crippen LogP contribution in [0.3, 0.4) is 0 Å². The van der Waals surface area contributed by atoms with Crippen LogP contribution < -0.4 is 11.1 Å². The lowest BCUT2D eigenvalue weighted by molar-refractivity contribution is -0.142. The highest BCUT2D eigenvalue weighted by Crippen LogP contribution is 2.30. The van der Waals surface area contributed by atoms with Crippen molar-refractivity contribution in [3.05, 3.63) is 0 Å². The van der Waals surface area contributed by atoms with Crippen molar-refractivity contribution >= 4 is 12.1 Å². The van der Waals surface area contributed by atoms with Crippen LogP contribution in [0.15, 0.2) is 0 Å². The van der Waals surface area contributed by atoms with E-state index in [0.717, 1.165) is 38.5 Å². The molecule has 0 bridgehead atoms. The van der Waals surface area contributed by atoms with Crippen molar-refractivity contribution in [2.24, 2.45) is 5.73 Å². The molecule has 21 heavy (non-hydrogen) atoms. The third-order valence-electron chi connectivity index (χ3n) is 3.97. The van der Waals surface area contributed by atoms with Crippen molar-refractivity contribution in [1.29, 1.82) is 0 Å². The lowest BCUT2D eigenvalue weighted by atomic mass is 9.86. The van der Waals surface area contributed by atoms with Gasteiger partial charge in [0.1, 0.15) is 11.6 Å². The summed E-state index contributed by atoms with van der Waals surface area (Å²) in [6.45, 7) is 2.53. The number of esters is 1. The van der Waals surface area contributed by atoms with Crippen LogP contribution in [-0.4, -0.2) is 37.4 Å². The highest BCUT2D eigenvalue weighted by atomic mass is 16.6. The molecule has 0 radical (unpaired) electrons. The van der Waals surface area contributed by atoms with E-state index in [2.05, 4.69) is 10.1 Å². The Hall–Kier alpha value is -1.30. The van der Waals surface area contributed by atoms with Crippen LogP contribution in [0.4, 0.5) is 4.79 Å². The number of unbranched alkanes of at least 4 members (excludes halogenated alkanes) is 1. The van der Waals surface area contributed by atoms with E-state index in [1.54, 1.807) is 0 Å². The summed E-state index contributed by atoms with van der Waals surface area (Å²) in [6.07, 6.45) is 7.07. The summed E-state index contributed by atoms with van der Waals surface area (Å²) in [4.78, 5) is 22.8. The molecule has 1 amide bonds. The number of nitrogens with one attached hydrogen (secondary N) is 1. The van der Waals surface area contributed by atoms with Gasteiger partial charge in [0.05, 0.1) is 7.11 Å². The zero-order chi connectivity index (χ0) is 15.7. The third-order valence-corrected chi connectivity index (χ3v) is 3.97. The first kappa shape index (κ1) is 17.8. The molecular weight excluding hydrogens is 272 g/mol. The molecule has 0 aromatic carbocycles. The van der Waals surface area contributed by atoms with E-state index in [4.69, 9.17) is 10.5 Å². The largest absolute Gasteiger partial charge is 0.468 e. The van der Waals surface area contributed by atoms with Crippen LogP contribution in [0.1, 0.15) is 58.3 Å². The van der Waals surface area contributed by atoms with E-state index in [1.807, 2.05) is 6.92 Å². The van der Waals surface area contributed by atoms with Crippen molar-refractivity contribution < 1.29 is 19.1 Å². The van der Waals surface area contributed by atoms with E-state index < -0.39 is 12.0 Å². The van der Waals surface area contributed by atoms with E-state index >= 15 is 0 Å². The van der Waals surface area contributed by atoms with Gasteiger partial charge < -0.3 is 20.5 Å². The minimum Gasteiger partial charge on any atom is -0.468 e. The lowest BCUT2D eigenvalue weighted by Gasteiger charge is -2.33. The normalized spacial score (nSPS) is 18.6. The van der Waals surface area contributed by atoms with E-state index in [-0.39, 0.29) is 11.7 Å². The molecule has 1 rings (SSSR count). The lowest BCUT2D eigenvalue weighted by Crippen LogP contribution is -2.38. The maximum Gasteiger partial charge on any atom is 0.407 e. The highest BCUT2D eigenvalue weighted by Gasteiger charge is 2.30. The SMILES string of the molecule is COC(=O)C(N)CCCCNC(=O)OC1(C)CCCCC1. The fourth-order valence-electron chi connectivity index (χ4n) is 2.61. The van der Waals surface area contributed by atoms with Gasteiger partial charge in [0, 0.05) is 6.54 Å². The first-order valence-electron chi connectivity index (χ1n) is 7.77. The summed E-state index contributed by atoms with van der Waals surface area (Å²) >= 11 is 0. The number of hydrogen-bond donors (Lipinski definition) is 2. The predicted octanol–water partition coefficient (Wildman–Crippen LogP) is 2.11. The van der Waals surface area contributed by atoms with Gasteiger partial charge in [-0.05, 0) is 51.9 Å². The Morgan fingerprint density at radius 1 is 1.24 bits per heavy atom. The molecule has 1 aliphatic rings. The molecule has 6 nitrogen and oxygen atoms in total. The van der Waals surface area contributed by atoms with E-state index in [9.17, 15) is 9.59 Å². The molecule has 0 saturated heterocycles. The zero-order valence-corrected chi connectivity index (χ0v) is 13.2. The number of alkyl carbamates (subject to hydrolysis) is 1. The molecule has 0 aromatic heterocycles. The molecule has 1 fully saturated rings. The first-order chi connectivity index (χ1) is 9.97. The second kappa shape index (κ2) is 8.87. The minimum absolute atomic E-state index is 0.310. The number of carbonyl (C=O) groups is 2. The van der Waals surface area contributed by atoms with Crippen LogP contribution >= 0.6 is 0 Å². The molecule has 3 N–H and O–H groups in total. The summed E-state index contributed by atoms with van der Waals surface area (Å²) in [5.41, 5.74) is 5.31. The second-order valence-corrected chi connectivity index (χ2v) is 5.95. The highest BCUT2D eigenvalue weighted by molar-refractivity contribution is 5.75. The molecule has 1 atom stereocenters. The molecule has 6 heteroatoms. The number of ether oxygens (including phenoxy) is 2. The average Bonchev–Trinajstić information content (AvgIpc) is 2.46. The Kier molecular flexibility index (Phi) is 7.50. The van der Waals surface area contributed by atoms with Gasteiger partial charge >= 0.3 is 12.1 Å². The molecule has 0 heterocycles. The molecule has 1 unspecified atom stereocenters. The maximum absolute atomic E-state index is 11.7. The Morgan fingerprint density at radius 2 is 1.90 bits per heavy atom. The number of nitrogens with two attached hydrogens (primary N) is 1. The Balaban J connectivity index is 2.09. The van der Waals surface area contributed by atoms with Crippen molar-refractivity contribution in [2.75, 3.05) is 13.7 Å². The fraction of sp³-hybridized carbons (Fsp3) is 0.867. The molecule has 122 valence electrons. The number of amides is 1. The van der Waals surface area contributed by atoms with Crippen LogP contribution in [0, 0.1) is 0 Å². The van der Waals surface area contributed by atoms with Crippen molar-refractivity contribution in [3.63, 3.8) is 0 Å². The number of hydrogen-bond acceptors (Lipinski definition) is 5. The van der Waals surface area contributed by atoms with Crippen molar-refractivity contribution in [1.82, 2.24) is 5.32 Å². The number of rotatable bonds is 7. The summed E-state index contributed by atoms with van der Waals surface area (Å²) in [6, 6.07) is -0.580. The Morgan fingerprint density at radius 3 is 2.52 bits per heavy atom. The Bertz CT molecular complexity index is 341. The van der Waals surface area contributed by atoms with Crippen LogP contribution in [0.2, 0.25) is 0 Å². The third kappa shape index (κ3) is 6.80. The standard InChI is InChI=1S/C15H28N2O4/c1-15(9-5-3-6-10-15)21-14(19)17-11-7-4-8-12(16)13(18)20-2/h12H,3-11,16H2,1-2H3,(H,17,19). The monoisotopic (exact) mass is 300 g/mol. The van der Waals surface area contributed by atoms with Gasteiger partial charge in [0.2, 0.25) is 0 Å². The predicted molar refractivity (Wildman–Crippen MR) is 79.8 cm³/mol. The molecule has 0 aromatic rings. The van der Waals surface area contributed by atoms with Crippen LogP contribution in [-0.2, 0) is 14.3 Å². The van der Waals surface area contributed by atoms with Crippen molar-refractivity contribution in [2.45, 2.75) is 69.9 Å². The number of carbonyl (C=O) groups excluding carboxylic acids is 2. The van der Waals surface area contributed by atoms with Gasteiger partial charge in [0.15, 0.2) is 0 Å². The molecule has 0 spiro atoms. The summed E-state index contributed by atoms with van der Waals surface area (Å²) in [7, 11) is 1.33.